The van der Waals surface area contributed by atoms with Crippen molar-refractivity contribution in [2.45, 2.75) is 38.9 Å². The van der Waals surface area contributed by atoms with Crippen LogP contribution in [0, 0.1) is 17.2 Å². The molecule has 0 aliphatic rings. The molecule has 0 bridgehead atoms. The maximum atomic E-state index is 12.4. The van der Waals surface area contributed by atoms with E-state index in [9.17, 15) is 8.42 Å². The van der Waals surface area contributed by atoms with Gasteiger partial charge in [0.15, 0.2) is 10.8 Å². The van der Waals surface area contributed by atoms with Gasteiger partial charge in [-0.25, -0.2) is 9.67 Å². The molecule has 2 heterocycles. The quantitative estimate of drug-likeness (QED) is 0.866. The number of imidazole rings is 1. The molecule has 1 N–H and O–H groups in total. The Kier molecular flexibility index (Phi) is 4.51. The van der Waals surface area contributed by atoms with Gasteiger partial charge in [-0.3, -0.25) is 4.72 Å². The summed E-state index contributed by atoms with van der Waals surface area (Å²) in [6, 6.07) is 1.92. The summed E-state index contributed by atoms with van der Waals surface area (Å²) in [5.41, 5.74) is 0.173. The van der Waals surface area contributed by atoms with E-state index in [4.69, 9.17) is 5.26 Å². The van der Waals surface area contributed by atoms with Gasteiger partial charge in [0.1, 0.15) is 11.6 Å². The predicted molar refractivity (Wildman–Crippen MR) is 80.5 cm³/mol. The fraction of sp³-hybridized carbons (Fsp3) is 0.462. The van der Waals surface area contributed by atoms with Crippen molar-refractivity contribution >= 4 is 15.8 Å². The lowest BCUT2D eigenvalue weighted by Gasteiger charge is -2.08. The first-order valence-corrected chi connectivity index (χ1v) is 8.36. The first-order valence-electron chi connectivity index (χ1n) is 6.88. The van der Waals surface area contributed by atoms with Crippen molar-refractivity contribution in [3.8, 4) is 6.07 Å². The van der Waals surface area contributed by atoms with E-state index in [-0.39, 0.29) is 16.4 Å². The number of hydrogen-bond donors (Lipinski definition) is 1. The second-order valence-electron chi connectivity index (χ2n) is 5.24. The van der Waals surface area contributed by atoms with Crippen LogP contribution in [0.25, 0.3) is 0 Å². The lowest BCUT2D eigenvalue weighted by Crippen LogP contribution is -2.17. The molecule has 0 atom stereocenters. The second kappa shape index (κ2) is 6.19. The van der Waals surface area contributed by atoms with Gasteiger partial charge in [-0.05, 0) is 12.8 Å². The fourth-order valence-corrected chi connectivity index (χ4v) is 3.03. The largest absolute Gasteiger partial charge is 0.336 e. The third kappa shape index (κ3) is 3.28. The lowest BCUT2D eigenvalue weighted by molar-refractivity contribution is 0.522. The molecule has 0 spiro atoms. The van der Waals surface area contributed by atoms with E-state index in [0.717, 1.165) is 0 Å². The van der Waals surface area contributed by atoms with Crippen LogP contribution in [0.4, 0.5) is 5.82 Å². The van der Waals surface area contributed by atoms with E-state index >= 15 is 0 Å². The molecular formula is C13H18N6O2S. The number of aryl methyl sites for hydroxylation is 1. The Balaban J connectivity index is 2.30. The monoisotopic (exact) mass is 322 g/mol. The molecule has 9 heteroatoms. The number of nitrogens with zero attached hydrogens (tertiary/aromatic N) is 5. The van der Waals surface area contributed by atoms with Gasteiger partial charge < -0.3 is 4.57 Å². The van der Waals surface area contributed by atoms with Crippen LogP contribution < -0.4 is 4.72 Å². The molecule has 2 aromatic heterocycles. The average Bonchev–Trinajstić information content (AvgIpc) is 3.04. The Labute approximate surface area is 129 Å². The maximum Gasteiger partial charge on any atom is 0.282 e. The highest BCUT2D eigenvalue weighted by Crippen LogP contribution is 2.19. The van der Waals surface area contributed by atoms with Crippen molar-refractivity contribution in [1.29, 1.82) is 5.26 Å². The zero-order valence-electron chi connectivity index (χ0n) is 12.7. The SMILES string of the molecule is CCn1ncc(C#N)c1NS(=O)(=O)c1cn(CC(C)C)cn1. The number of aromatic nitrogens is 4. The molecule has 0 saturated carbocycles. The number of hydrogen-bond acceptors (Lipinski definition) is 5. The molecule has 22 heavy (non-hydrogen) atoms. The van der Waals surface area contributed by atoms with Crippen LogP contribution in [-0.2, 0) is 23.1 Å². The first kappa shape index (κ1) is 16.0. The third-order valence-corrected chi connectivity index (χ3v) is 4.17. The Bertz CT molecular complexity index is 797. The summed E-state index contributed by atoms with van der Waals surface area (Å²) >= 11 is 0. The van der Waals surface area contributed by atoms with Gasteiger partial charge >= 0.3 is 0 Å². The Morgan fingerprint density at radius 2 is 2.18 bits per heavy atom. The Morgan fingerprint density at radius 3 is 2.77 bits per heavy atom. The van der Waals surface area contributed by atoms with Crippen LogP contribution in [0.3, 0.4) is 0 Å². The minimum atomic E-state index is -3.86. The van der Waals surface area contributed by atoms with Gasteiger partial charge in [0.2, 0.25) is 0 Å². The number of anilines is 1. The van der Waals surface area contributed by atoms with E-state index in [1.807, 2.05) is 26.8 Å². The van der Waals surface area contributed by atoms with Gasteiger partial charge in [-0.2, -0.15) is 18.8 Å². The first-order chi connectivity index (χ1) is 10.4. The Hall–Kier alpha value is -2.34. The molecule has 0 fully saturated rings. The normalized spacial score (nSPS) is 11.6. The lowest BCUT2D eigenvalue weighted by atomic mass is 10.2. The summed E-state index contributed by atoms with van der Waals surface area (Å²) in [6.45, 7) is 7.00. The van der Waals surface area contributed by atoms with Crippen molar-refractivity contribution in [3.05, 3.63) is 24.3 Å². The Morgan fingerprint density at radius 1 is 1.45 bits per heavy atom. The third-order valence-electron chi connectivity index (χ3n) is 2.95. The zero-order valence-corrected chi connectivity index (χ0v) is 13.5. The van der Waals surface area contributed by atoms with E-state index in [1.54, 1.807) is 4.57 Å². The molecule has 118 valence electrons. The van der Waals surface area contributed by atoms with Crippen molar-refractivity contribution in [1.82, 2.24) is 19.3 Å². The molecule has 0 aliphatic heterocycles. The number of sulfonamides is 1. The van der Waals surface area contributed by atoms with Crippen LogP contribution >= 0.6 is 0 Å². The summed E-state index contributed by atoms with van der Waals surface area (Å²) < 4.78 is 30.3. The van der Waals surface area contributed by atoms with E-state index in [1.165, 1.54) is 23.4 Å². The van der Waals surface area contributed by atoms with Crippen LogP contribution in [0.2, 0.25) is 0 Å². The van der Waals surface area contributed by atoms with Gasteiger partial charge in [0.05, 0.1) is 12.5 Å². The number of rotatable bonds is 6. The van der Waals surface area contributed by atoms with Crippen molar-refractivity contribution < 1.29 is 8.42 Å². The smallest absolute Gasteiger partial charge is 0.282 e. The van der Waals surface area contributed by atoms with Crippen molar-refractivity contribution in [2.24, 2.45) is 5.92 Å². The van der Waals surface area contributed by atoms with Gasteiger partial charge in [-0.15, -0.1) is 0 Å². The molecule has 2 aromatic rings. The summed E-state index contributed by atoms with van der Waals surface area (Å²) in [5, 5.41) is 12.9. The number of nitriles is 1. The average molecular weight is 322 g/mol. The summed E-state index contributed by atoms with van der Waals surface area (Å²) in [5.74, 6) is 0.535. The summed E-state index contributed by atoms with van der Waals surface area (Å²) in [6.07, 6.45) is 4.29. The van der Waals surface area contributed by atoms with Crippen LogP contribution in [0.15, 0.2) is 23.7 Å². The van der Waals surface area contributed by atoms with Crippen molar-refractivity contribution in [2.75, 3.05) is 4.72 Å². The highest BCUT2D eigenvalue weighted by atomic mass is 32.2. The van der Waals surface area contributed by atoms with E-state index < -0.39 is 10.0 Å². The zero-order chi connectivity index (χ0) is 16.3. The molecule has 0 amide bonds. The molecule has 0 unspecified atom stereocenters. The van der Waals surface area contributed by atoms with Gasteiger partial charge in [0, 0.05) is 19.3 Å². The van der Waals surface area contributed by atoms with E-state index in [2.05, 4.69) is 14.8 Å². The minimum absolute atomic E-state index is 0.0825. The predicted octanol–water partition coefficient (Wildman–Crippen LogP) is 1.43. The molecule has 2 rings (SSSR count). The standard InChI is InChI=1S/C13H18N6O2S/c1-4-19-13(11(5-14)6-16-19)17-22(20,21)12-8-18(9-15-12)7-10(2)3/h6,8-10,17H,4,7H2,1-3H3. The highest BCUT2D eigenvalue weighted by Gasteiger charge is 2.22. The van der Waals surface area contributed by atoms with Crippen LogP contribution in [0.5, 0.6) is 0 Å². The molecule has 0 radical (unpaired) electrons. The summed E-state index contributed by atoms with van der Waals surface area (Å²) in [7, 11) is -3.86. The second-order valence-corrected chi connectivity index (χ2v) is 6.87. The molecule has 0 aromatic carbocycles. The molecule has 0 saturated heterocycles. The topological polar surface area (TPSA) is 106 Å². The molecular weight excluding hydrogens is 304 g/mol. The van der Waals surface area contributed by atoms with Crippen molar-refractivity contribution in [3.63, 3.8) is 0 Å². The molecule has 0 aliphatic carbocycles. The van der Waals surface area contributed by atoms with Crippen LogP contribution in [-0.4, -0.2) is 27.7 Å². The van der Waals surface area contributed by atoms with Crippen LogP contribution in [0.1, 0.15) is 26.3 Å². The number of nitrogens with one attached hydrogen (secondary N) is 1. The highest BCUT2D eigenvalue weighted by molar-refractivity contribution is 7.92. The van der Waals surface area contributed by atoms with Gasteiger partial charge in [-0.1, -0.05) is 13.8 Å². The van der Waals surface area contributed by atoms with E-state index in [0.29, 0.717) is 19.0 Å². The maximum absolute atomic E-state index is 12.4. The molecule has 8 nitrogen and oxygen atoms in total. The minimum Gasteiger partial charge on any atom is -0.336 e. The fourth-order valence-electron chi connectivity index (χ4n) is 1.99. The van der Waals surface area contributed by atoms with Gasteiger partial charge in [0.25, 0.3) is 10.0 Å². The summed E-state index contributed by atoms with van der Waals surface area (Å²) in [4.78, 5) is 3.93.